The summed E-state index contributed by atoms with van der Waals surface area (Å²) in [5.41, 5.74) is 6.84. The second-order valence-electron chi connectivity index (χ2n) is 6.46. The Bertz CT molecular complexity index is 403. The van der Waals surface area contributed by atoms with Crippen LogP contribution in [0.25, 0.3) is 0 Å². The van der Waals surface area contributed by atoms with Crippen LogP contribution < -0.4 is 5.73 Å². The third-order valence-electron chi connectivity index (χ3n) is 4.40. The number of aliphatic hydroxyl groups excluding tert-OH is 1. The summed E-state index contributed by atoms with van der Waals surface area (Å²) in [5, 5.41) is 9.74. The molecule has 3 N–H and O–H groups in total. The number of benzene rings is 1. The topological polar surface area (TPSA) is 49.5 Å². The van der Waals surface area contributed by atoms with Crippen LogP contribution in [-0.4, -0.2) is 35.7 Å². The van der Waals surface area contributed by atoms with E-state index in [4.69, 9.17) is 5.73 Å². The molecule has 0 saturated heterocycles. The van der Waals surface area contributed by atoms with Crippen molar-refractivity contribution in [3.63, 3.8) is 0 Å². The largest absolute Gasteiger partial charge is 0.394 e. The Morgan fingerprint density at radius 1 is 1.30 bits per heavy atom. The molecule has 1 aliphatic rings. The lowest BCUT2D eigenvalue weighted by molar-refractivity contribution is 0.146. The van der Waals surface area contributed by atoms with Crippen LogP contribution in [-0.2, 0) is 5.54 Å². The van der Waals surface area contributed by atoms with Gasteiger partial charge in [-0.3, -0.25) is 0 Å². The van der Waals surface area contributed by atoms with E-state index < -0.39 is 5.54 Å². The molecule has 0 aromatic heterocycles. The smallest absolute Gasteiger partial charge is 0.0656 e. The van der Waals surface area contributed by atoms with E-state index in [9.17, 15) is 5.11 Å². The monoisotopic (exact) mass is 276 g/mol. The van der Waals surface area contributed by atoms with Crippen molar-refractivity contribution < 1.29 is 5.11 Å². The van der Waals surface area contributed by atoms with E-state index in [2.05, 4.69) is 18.7 Å². The maximum atomic E-state index is 9.74. The maximum Gasteiger partial charge on any atom is 0.0656 e. The Balaban J connectivity index is 1.97. The van der Waals surface area contributed by atoms with Crippen molar-refractivity contribution in [2.45, 2.75) is 44.7 Å². The molecule has 0 aliphatic heterocycles. The number of hydrogen-bond acceptors (Lipinski definition) is 3. The normalized spacial score (nSPS) is 18.5. The number of nitrogens with zero attached hydrogens (tertiary/aromatic N) is 1. The second-order valence-corrected chi connectivity index (χ2v) is 6.46. The molecule has 2 rings (SSSR count). The fraction of sp³-hybridized carbons (Fsp3) is 0.647. The molecule has 0 heterocycles. The van der Waals surface area contributed by atoms with E-state index in [-0.39, 0.29) is 6.61 Å². The lowest BCUT2D eigenvalue weighted by atomic mass is 9.88. The van der Waals surface area contributed by atoms with Gasteiger partial charge in [0.2, 0.25) is 0 Å². The predicted molar refractivity (Wildman–Crippen MR) is 83.4 cm³/mol. The molecule has 1 unspecified atom stereocenters. The van der Waals surface area contributed by atoms with Crippen molar-refractivity contribution in [3.05, 3.63) is 35.9 Å². The lowest BCUT2D eigenvalue weighted by Gasteiger charge is -2.33. The highest BCUT2D eigenvalue weighted by Gasteiger charge is 2.30. The van der Waals surface area contributed by atoms with E-state index >= 15 is 0 Å². The number of rotatable bonds is 8. The summed E-state index contributed by atoms with van der Waals surface area (Å²) in [6.45, 7) is 6.59. The van der Waals surface area contributed by atoms with Gasteiger partial charge in [-0.1, -0.05) is 30.3 Å². The molecule has 1 aromatic carbocycles. The first kappa shape index (κ1) is 15.5. The minimum atomic E-state index is -0.627. The van der Waals surface area contributed by atoms with E-state index in [1.165, 1.54) is 19.4 Å². The predicted octanol–water partition coefficient (Wildman–Crippen LogP) is 2.34. The van der Waals surface area contributed by atoms with Crippen molar-refractivity contribution in [2.24, 2.45) is 11.7 Å². The van der Waals surface area contributed by atoms with Gasteiger partial charge >= 0.3 is 0 Å². The fourth-order valence-corrected chi connectivity index (χ4v) is 2.62. The SMILES string of the molecule is CC(C)N(CCC(N)(CO)c1ccccc1)CC1CC1. The summed E-state index contributed by atoms with van der Waals surface area (Å²) >= 11 is 0. The van der Waals surface area contributed by atoms with Gasteiger partial charge in [0.1, 0.15) is 0 Å². The molecule has 1 fully saturated rings. The third-order valence-corrected chi connectivity index (χ3v) is 4.40. The first-order valence-corrected chi connectivity index (χ1v) is 7.74. The average molecular weight is 276 g/mol. The number of nitrogens with two attached hydrogens (primary N) is 1. The highest BCUT2D eigenvalue weighted by Crippen LogP contribution is 2.31. The zero-order valence-electron chi connectivity index (χ0n) is 12.8. The summed E-state index contributed by atoms with van der Waals surface area (Å²) in [7, 11) is 0. The molecule has 0 bridgehead atoms. The Hall–Kier alpha value is -0.900. The van der Waals surface area contributed by atoms with E-state index in [0.717, 1.165) is 24.4 Å². The van der Waals surface area contributed by atoms with Crippen molar-refractivity contribution in [1.82, 2.24) is 4.90 Å². The van der Waals surface area contributed by atoms with Gasteiger partial charge in [0.25, 0.3) is 0 Å². The highest BCUT2D eigenvalue weighted by atomic mass is 16.3. The Morgan fingerprint density at radius 2 is 1.95 bits per heavy atom. The van der Waals surface area contributed by atoms with Gasteiger partial charge in [-0.2, -0.15) is 0 Å². The molecule has 112 valence electrons. The standard InChI is InChI=1S/C17H28N2O/c1-14(2)19(12-15-8-9-15)11-10-17(18,13-20)16-6-4-3-5-7-16/h3-7,14-15,20H,8-13,18H2,1-2H3. The molecule has 3 nitrogen and oxygen atoms in total. The van der Waals surface area contributed by atoms with Crippen LogP contribution in [0.1, 0.15) is 38.7 Å². The molecule has 0 radical (unpaired) electrons. The van der Waals surface area contributed by atoms with Crippen molar-refractivity contribution in [3.8, 4) is 0 Å². The zero-order valence-corrected chi connectivity index (χ0v) is 12.8. The zero-order chi connectivity index (χ0) is 14.6. The first-order valence-electron chi connectivity index (χ1n) is 7.74. The van der Waals surface area contributed by atoms with Crippen molar-refractivity contribution in [2.75, 3.05) is 19.7 Å². The van der Waals surface area contributed by atoms with Crippen LogP contribution in [0.15, 0.2) is 30.3 Å². The van der Waals surface area contributed by atoms with Crippen LogP contribution in [0.5, 0.6) is 0 Å². The average Bonchev–Trinajstić information content (AvgIpc) is 3.27. The summed E-state index contributed by atoms with van der Waals surface area (Å²) in [4.78, 5) is 2.50. The van der Waals surface area contributed by atoms with Gasteiger partial charge in [0, 0.05) is 19.1 Å². The van der Waals surface area contributed by atoms with Gasteiger partial charge in [0.05, 0.1) is 12.1 Å². The molecule has 1 saturated carbocycles. The Labute approximate surface area is 122 Å². The summed E-state index contributed by atoms with van der Waals surface area (Å²) in [5.74, 6) is 0.885. The summed E-state index contributed by atoms with van der Waals surface area (Å²) in [6.07, 6.45) is 3.53. The van der Waals surface area contributed by atoms with Crippen LogP contribution in [0.2, 0.25) is 0 Å². The second kappa shape index (κ2) is 6.70. The van der Waals surface area contributed by atoms with Gasteiger partial charge in [-0.15, -0.1) is 0 Å². The third kappa shape index (κ3) is 4.05. The molecule has 1 atom stereocenters. The number of hydrogen-bond donors (Lipinski definition) is 2. The molecular weight excluding hydrogens is 248 g/mol. The van der Waals surface area contributed by atoms with E-state index in [0.29, 0.717) is 6.04 Å². The lowest BCUT2D eigenvalue weighted by Crippen LogP contribution is -2.45. The fourth-order valence-electron chi connectivity index (χ4n) is 2.62. The molecular formula is C17H28N2O. The molecule has 0 spiro atoms. The molecule has 1 aromatic rings. The minimum Gasteiger partial charge on any atom is -0.394 e. The van der Waals surface area contributed by atoms with Crippen molar-refractivity contribution in [1.29, 1.82) is 0 Å². The minimum absolute atomic E-state index is 0.00756. The molecule has 3 heteroatoms. The van der Waals surface area contributed by atoms with Gasteiger partial charge in [-0.25, -0.2) is 0 Å². The van der Waals surface area contributed by atoms with Crippen molar-refractivity contribution >= 4 is 0 Å². The summed E-state index contributed by atoms with van der Waals surface area (Å²) < 4.78 is 0. The molecule has 20 heavy (non-hydrogen) atoms. The van der Waals surface area contributed by atoms with Crippen LogP contribution in [0.3, 0.4) is 0 Å². The van der Waals surface area contributed by atoms with Gasteiger partial charge in [-0.05, 0) is 44.6 Å². The van der Waals surface area contributed by atoms with Crippen LogP contribution in [0.4, 0.5) is 0 Å². The van der Waals surface area contributed by atoms with Crippen LogP contribution in [0, 0.1) is 5.92 Å². The quantitative estimate of drug-likeness (QED) is 0.766. The highest BCUT2D eigenvalue weighted by molar-refractivity contribution is 5.24. The molecule has 0 amide bonds. The van der Waals surface area contributed by atoms with E-state index in [1.54, 1.807) is 0 Å². The Morgan fingerprint density at radius 3 is 2.45 bits per heavy atom. The maximum absolute atomic E-state index is 9.74. The Kier molecular flexibility index (Phi) is 5.19. The van der Waals surface area contributed by atoms with E-state index in [1.807, 2.05) is 30.3 Å². The number of aliphatic hydroxyl groups is 1. The summed E-state index contributed by atoms with van der Waals surface area (Å²) in [6, 6.07) is 10.5. The van der Waals surface area contributed by atoms with Gasteiger partial charge < -0.3 is 15.7 Å². The molecule has 1 aliphatic carbocycles. The first-order chi connectivity index (χ1) is 9.55. The van der Waals surface area contributed by atoms with Gasteiger partial charge in [0.15, 0.2) is 0 Å². The van der Waals surface area contributed by atoms with Crippen LogP contribution >= 0.6 is 0 Å².